The maximum absolute atomic E-state index is 13.7. The molecule has 3 aromatic carbocycles. The number of carbonyl (C=O) groups excluding carboxylic acids is 2. The summed E-state index contributed by atoms with van der Waals surface area (Å²) in [4.78, 5) is 28.8. The van der Waals surface area contributed by atoms with E-state index in [0.29, 0.717) is 22.2 Å². The first-order valence-electron chi connectivity index (χ1n) is 12.5. The first kappa shape index (κ1) is 28.5. The Bertz CT molecular complexity index is 1220. The van der Waals surface area contributed by atoms with Gasteiger partial charge in [0.15, 0.2) is 6.61 Å². The molecule has 0 saturated heterocycles. The Labute approximate surface area is 229 Å². The average molecular weight is 542 g/mol. The topological polar surface area (TPSA) is 58.6 Å². The van der Waals surface area contributed by atoms with E-state index in [2.05, 4.69) is 5.32 Å². The molecule has 0 spiro atoms. The quantitative estimate of drug-likeness (QED) is 0.300. The number of carbonyl (C=O) groups is 2. The Hall–Kier alpha value is -3.02. The number of hydrogen-bond acceptors (Lipinski definition) is 3. The van der Waals surface area contributed by atoms with Crippen LogP contribution in [0.15, 0.2) is 66.7 Å². The molecule has 0 radical (unpaired) electrons. The first-order valence-corrected chi connectivity index (χ1v) is 13.2. The summed E-state index contributed by atoms with van der Waals surface area (Å²) in [5.41, 5.74) is 3.94. The number of benzene rings is 3. The predicted molar refractivity (Wildman–Crippen MR) is 150 cm³/mol. The van der Waals surface area contributed by atoms with Gasteiger partial charge in [0.1, 0.15) is 11.8 Å². The molecule has 37 heavy (non-hydrogen) atoms. The molecule has 2 atom stereocenters. The lowest BCUT2D eigenvalue weighted by Gasteiger charge is -2.32. The highest BCUT2D eigenvalue weighted by Gasteiger charge is 2.31. The van der Waals surface area contributed by atoms with E-state index in [1.807, 2.05) is 82.3 Å². The molecule has 3 rings (SSSR count). The smallest absolute Gasteiger partial charge is 0.261 e. The molecule has 0 aromatic heterocycles. The van der Waals surface area contributed by atoms with Crippen molar-refractivity contribution in [1.82, 2.24) is 10.2 Å². The molecule has 0 heterocycles. The first-order chi connectivity index (χ1) is 17.7. The summed E-state index contributed by atoms with van der Waals surface area (Å²) in [6, 6.07) is 19.8. The van der Waals surface area contributed by atoms with Crippen molar-refractivity contribution in [2.45, 2.75) is 59.2 Å². The molecule has 3 aromatic rings. The fraction of sp³-hybridized carbons (Fsp3) is 0.333. The fourth-order valence-corrected chi connectivity index (χ4v) is 4.18. The summed E-state index contributed by atoms with van der Waals surface area (Å²) in [6.45, 7) is 7.95. The molecule has 7 heteroatoms. The Morgan fingerprint density at radius 1 is 0.919 bits per heavy atom. The van der Waals surface area contributed by atoms with E-state index in [4.69, 9.17) is 27.9 Å². The molecule has 196 valence electrons. The summed E-state index contributed by atoms with van der Waals surface area (Å²) in [5, 5.41) is 3.88. The third-order valence-electron chi connectivity index (χ3n) is 6.45. The summed E-state index contributed by atoms with van der Waals surface area (Å²) >= 11 is 12.4. The maximum Gasteiger partial charge on any atom is 0.261 e. The van der Waals surface area contributed by atoms with Gasteiger partial charge in [-0.05, 0) is 73.7 Å². The van der Waals surface area contributed by atoms with Crippen molar-refractivity contribution in [3.05, 3.63) is 99.0 Å². The summed E-state index contributed by atoms with van der Waals surface area (Å²) < 4.78 is 5.88. The highest BCUT2D eigenvalue weighted by molar-refractivity contribution is 6.42. The lowest BCUT2D eigenvalue weighted by molar-refractivity contribution is -0.143. The molecule has 0 aliphatic carbocycles. The summed E-state index contributed by atoms with van der Waals surface area (Å²) in [5.74, 6) is 0.0944. The van der Waals surface area contributed by atoms with Gasteiger partial charge >= 0.3 is 0 Å². The molecular weight excluding hydrogens is 507 g/mol. The van der Waals surface area contributed by atoms with Crippen LogP contribution >= 0.6 is 23.2 Å². The van der Waals surface area contributed by atoms with Gasteiger partial charge in [0.05, 0.1) is 10.0 Å². The van der Waals surface area contributed by atoms with Crippen LogP contribution < -0.4 is 10.1 Å². The van der Waals surface area contributed by atoms with Crippen LogP contribution in [0, 0.1) is 13.8 Å². The van der Waals surface area contributed by atoms with E-state index < -0.39 is 6.04 Å². The normalized spacial score (nSPS) is 12.5. The SMILES string of the molecule is CCC(C)NC(=O)C(Cc1ccccc1)N(Cc1ccc(Cl)c(Cl)c1)C(=O)COc1ccc(C)c(C)c1. The zero-order chi connectivity index (χ0) is 26.9. The second-order valence-electron chi connectivity index (χ2n) is 9.33. The van der Waals surface area contributed by atoms with Gasteiger partial charge in [0.2, 0.25) is 5.91 Å². The minimum absolute atomic E-state index is 0.0283. The van der Waals surface area contributed by atoms with Crippen LogP contribution in [0.1, 0.15) is 42.5 Å². The van der Waals surface area contributed by atoms with Crippen LogP contribution in [0.25, 0.3) is 0 Å². The van der Waals surface area contributed by atoms with Gasteiger partial charge in [-0.25, -0.2) is 0 Å². The summed E-state index contributed by atoms with van der Waals surface area (Å²) in [6.07, 6.45) is 1.14. The summed E-state index contributed by atoms with van der Waals surface area (Å²) in [7, 11) is 0. The Kier molecular flexibility index (Phi) is 10.4. The van der Waals surface area contributed by atoms with E-state index in [1.165, 1.54) is 0 Å². The molecule has 0 bridgehead atoms. The molecule has 5 nitrogen and oxygen atoms in total. The van der Waals surface area contributed by atoms with E-state index >= 15 is 0 Å². The molecule has 0 saturated carbocycles. The number of hydrogen-bond donors (Lipinski definition) is 1. The van der Waals surface area contributed by atoms with Crippen LogP contribution in [0.2, 0.25) is 10.0 Å². The van der Waals surface area contributed by atoms with Gasteiger partial charge in [-0.2, -0.15) is 0 Å². The zero-order valence-electron chi connectivity index (χ0n) is 21.8. The van der Waals surface area contributed by atoms with Crippen LogP contribution in [-0.4, -0.2) is 35.4 Å². The fourth-order valence-electron chi connectivity index (χ4n) is 3.86. The monoisotopic (exact) mass is 540 g/mol. The van der Waals surface area contributed by atoms with Crippen molar-refractivity contribution >= 4 is 35.0 Å². The molecule has 0 aliphatic heterocycles. The minimum Gasteiger partial charge on any atom is -0.484 e. The van der Waals surface area contributed by atoms with Gasteiger partial charge in [-0.15, -0.1) is 0 Å². The van der Waals surface area contributed by atoms with Crippen molar-refractivity contribution in [3.63, 3.8) is 0 Å². The van der Waals surface area contributed by atoms with Crippen LogP contribution in [-0.2, 0) is 22.6 Å². The lowest BCUT2D eigenvalue weighted by atomic mass is 10.0. The van der Waals surface area contributed by atoms with E-state index in [1.54, 1.807) is 17.0 Å². The number of ether oxygens (including phenoxy) is 1. The van der Waals surface area contributed by atoms with Crippen molar-refractivity contribution in [1.29, 1.82) is 0 Å². The highest BCUT2D eigenvalue weighted by Crippen LogP contribution is 2.25. The predicted octanol–water partition coefficient (Wildman–Crippen LogP) is 6.54. The zero-order valence-corrected chi connectivity index (χ0v) is 23.3. The average Bonchev–Trinajstić information content (AvgIpc) is 2.89. The third kappa shape index (κ3) is 8.24. The second-order valence-corrected chi connectivity index (χ2v) is 10.1. The van der Waals surface area contributed by atoms with E-state index in [-0.39, 0.29) is 31.0 Å². The van der Waals surface area contributed by atoms with Crippen LogP contribution in [0.5, 0.6) is 5.75 Å². The molecule has 1 N–H and O–H groups in total. The van der Waals surface area contributed by atoms with Crippen molar-refractivity contribution in [2.75, 3.05) is 6.61 Å². The third-order valence-corrected chi connectivity index (χ3v) is 7.19. The van der Waals surface area contributed by atoms with Gasteiger partial charge in [0, 0.05) is 19.0 Å². The number of halogens is 2. The maximum atomic E-state index is 13.7. The number of aryl methyl sites for hydroxylation is 2. The van der Waals surface area contributed by atoms with Crippen molar-refractivity contribution in [3.8, 4) is 5.75 Å². The molecule has 2 amide bonds. The molecular formula is C30H34Cl2N2O3. The lowest BCUT2D eigenvalue weighted by Crippen LogP contribution is -2.53. The minimum atomic E-state index is -0.748. The highest BCUT2D eigenvalue weighted by atomic mass is 35.5. The number of nitrogens with zero attached hydrogens (tertiary/aromatic N) is 1. The van der Waals surface area contributed by atoms with Gasteiger partial charge in [-0.1, -0.05) is 72.6 Å². The van der Waals surface area contributed by atoms with Crippen molar-refractivity contribution in [2.24, 2.45) is 0 Å². The Morgan fingerprint density at radius 2 is 1.65 bits per heavy atom. The number of amides is 2. The van der Waals surface area contributed by atoms with Gasteiger partial charge in [-0.3, -0.25) is 9.59 Å². The van der Waals surface area contributed by atoms with Crippen molar-refractivity contribution < 1.29 is 14.3 Å². The molecule has 0 aliphatic rings. The Morgan fingerprint density at radius 3 is 2.30 bits per heavy atom. The van der Waals surface area contributed by atoms with E-state index in [0.717, 1.165) is 28.7 Å². The van der Waals surface area contributed by atoms with Crippen LogP contribution in [0.4, 0.5) is 0 Å². The van der Waals surface area contributed by atoms with Crippen LogP contribution in [0.3, 0.4) is 0 Å². The van der Waals surface area contributed by atoms with E-state index in [9.17, 15) is 9.59 Å². The number of rotatable bonds is 11. The Balaban J connectivity index is 1.93. The second kappa shape index (κ2) is 13.5. The standard InChI is InChI=1S/C30H34Cl2N2O3/c1-5-22(4)33-30(36)28(17-23-9-7-6-8-10-23)34(18-24-12-14-26(31)27(32)16-24)29(35)19-37-25-13-11-20(2)21(3)15-25/h6-16,22,28H,5,17-19H2,1-4H3,(H,33,36). The number of nitrogens with one attached hydrogen (secondary N) is 1. The van der Waals surface area contributed by atoms with Gasteiger partial charge < -0.3 is 15.0 Å². The van der Waals surface area contributed by atoms with Gasteiger partial charge in [0.25, 0.3) is 5.91 Å². The molecule has 2 unspecified atom stereocenters. The molecule has 0 fully saturated rings. The largest absolute Gasteiger partial charge is 0.484 e.